The Morgan fingerprint density at radius 1 is 1.06 bits per heavy atom. The zero-order valence-corrected chi connectivity index (χ0v) is 17.7. The van der Waals surface area contributed by atoms with Crippen molar-refractivity contribution in [2.75, 3.05) is 47.4 Å². The first-order valence-electron chi connectivity index (χ1n) is 9.93. The number of ether oxygens (including phenoxy) is 2. The highest BCUT2D eigenvalue weighted by atomic mass is 16.5. The van der Waals surface area contributed by atoms with Gasteiger partial charge in [-0.15, -0.1) is 0 Å². The largest absolute Gasteiger partial charge is 0.504 e. The SMILES string of the molecule is COc1cc2oc(-c3cccc(C(=O)N4CCN(C)CC4)c3)cc(=O)c2c(O)c1OC. The molecule has 162 valence electrons. The molecule has 0 spiro atoms. The Morgan fingerprint density at radius 3 is 2.48 bits per heavy atom. The number of carbonyl (C=O) groups excluding carboxylic acids is 1. The lowest BCUT2D eigenvalue weighted by Gasteiger charge is -2.32. The van der Waals surface area contributed by atoms with Gasteiger partial charge in [0.25, 0.3) is 5.91 Å². The maximum absolute atomic E-state index is 12.9. The van der Waals surface area contributed by atoms with Crippen molar-refractivity contribution < 1.29 is 23.8 Å². The number of amides is 1. The molecule has 1 fully saturated rings. The van der Waals surface area contributed by atoms with E-state index in [0.29, 0.717) is 24.2 Å². The van der Waals surface area contributed by atoms with Gasteiger partial charge in [-0.3, -0.25) is 9.59 Å². The lowest BCUT2D eigenvalue weighted by molar-refractivity contribution is 0.0664. The zero-order valence-electron chi connectivity index (χ0n) is 17.7. The highest BCUT2D eigenvalue weighted by Gasteiger charge is 2.22. The van der Waals surface area contributed by atoms with Crippen LogP contribution < -0.4 is 14.9 Å². The van der Waals surface area contributed by atoms with E-state index < -0.39 is 5.43 Å². The van der Waals surface area contributed by atoms with Crippen molar-refractivity contribution in [3.63, 3.8) is 0 Å². The Bertz CT molecular complexity index is 1190. The molecule has 8 heteroatoms. The number of phenols is 1. The number of phenolic OH excluding ortho intramolecular Hbond substituents is 1. The third-order valence-electron chi connectivity index (χ3n) is 5.52. The average Bonchev–Trinajstić information content (AvgIpc) is 2.78. The average molecular weight is 424 g/mol. The van der Waals surface area contributed by atoms with Gasteiger partial charge in [0.1, 0.15) is 16.7 Å². The maximum Gasteiger partial charge on any atom is 0.253 e. The topological polar surface area (TPSA) is 92.5 Å². The van der Waals surface area contributed by atoms with Crippen LogP contribution in [-0.4, -0.2) is 68.3 Å². The van der Waals surface area contributed by atoms with Crippen LogP contribution in [0.2, 0.25) is 0 Å². The summed E-state index contributed by atoms with van der Waals surface area (Å²) in [6.45, 7) is 3.01. The number of hydrogen-bond donors (Lipinski definition) is 1. The van der Waals surface area contributed by atoms with Gasteiger partial charge in [-0.2, -0.15) is 0 Å². The molecule has 0 aliphatic carbocycles. The lowest BCUT2D eigenvalue weighted by atomic mass is 10.1. The fourth-order valence-corrected chi connectivity index (χ4v) is 3.75. The van der Waals surface area contributed by atoms with Gasteiger partial charge in [0.05, 0.1) is 14.2 Å². The van der Waals surface area contributed by atoms with E-state index in [2.05, 4.69) is 4.90 Å². The monoisotopic (exact) mass is 424 g/mol. The van der Waals surface area contributed by atoms with Gasteiger partial charge >= 0.3 is 0 Å². The fraction of sp³-hybridized carbons (Fsp3) is 0.304. The molecule has 1 amide bonds. The molecule has 1 saturated heterocycles. The molecule has 0 bridgehead atoms. The fourth-order valence-electron chi connectivity index (χ4n) is 3.75. The molecule has 4 rings (SSSR count). The molecule has 0 unspecified atom stereocenters. The number of fused-ring (bicyclic) bond motifs is 1. The van der Waals surface area contributed by atoms with Crippen LogP contribution in [0.3, 0.4) is 0 Å². The molecular weight excluding hydrogens is 400 g/mol. The Hall–Kier alpha value is -3.52. The van der Waals surface area contributed by atoms with Crippen LogP contribution in [0.5, 0.6) is 17.2 Å². The van der Waals surface area contributed by atoms with Crippen molar-refractivity contribution >= 4 is 16.9 Å². The molecule has 31 heavy (non-hydrogen) atoms. The zero-order chi connectivity index (χ0) is 22.1. The summed E-state index contributed by atoms with van der Waals surface area (Å²) >= 11 is 0. The van der Waals surface area contributed by atoms with Crippen molar-refractivity contribution in [2.45, 2.75) is 0 Å². The summed E-state index contributed by atoms with van der Waals surface area (Å²) in [5.41, 5.74) is 0.854. The maximum atomic E-state index is 12.9. The first-order valence-corrected chi connectivity index (χ1v) is 9.93. The second-order valence-electron chi connectivity index (χ2n) is 7.49. The van der Waals surface area contributed by atoms with Crippen LogP contribution >= 0.6 is 0 Å². The van der Waals surface area contributed by atoms with E-state index in [1.54, 1.807) is 24.3 Å². The van der Waals surface area contributed by atoms with Crippen LogP contribution in [0.1, 0.15) is 10.4 Å². The minimum atomic E-state index is -0.425. The number of methoxy groups -OCH3 is 2. The number of likely N-dealkylation sites (N-methyl/N-ethyl adjacent to an activating group) is 1. The Kier molecular flexibility index (Phi) is 5.56. The highest BCUT2D eigenvalue weighted by Crippen LogP contribution is 2.42. The third kappa shape index (κ3) is 3.82. The molecule has 2 aromatic carbocycles. The Morgan fingerprint density at radius 2 is 1.81 bits per heavy atom. The normalized spacial score (nSPS) is 14.6. The Balaban J connectivity index is 1.75. The quantitative estimate of drug-likeness (QED) is 0.688. The summed E-state index contributed by atoms with van der Waals surface area (Å²) in [7, 11) is 4.84. The van der Waals surface area contributed by atoms with Gasteiger partial charge in [0, 0.05) is 49.4 Å². The predicted octanol–water partition coefficient (Wildman–Crippen LogP) is 2.57. The number of piperazine rings is 1. The van der Waals surface area contributed by atoms with Gasteiger partial charge < -0.3 is 28.8 Å². The van der Waals surface area contributed by atoms with Crippen molar-refractivity contribution in [1.82, 2.24) is 9.80 Å². The number of benzene rings is 2. The smallest absolute Gasteiger partial charge is 0.253 e. The number of hydrogen-bond acceptors (Lipinski definition) is 7. The molecule has 1 N–H and O–H groups in total. The van der Waals surface area contributed by atoms with Gasteiger partial charge in [-0.05, 0) is 19.2 Å². The summed E-state index contributed by atoms with van der Waals surface area (Å²) in [6.07, 6.45) is 0. The lowest BCUT2D eigenvalue weighted by Crippen LogP contribution is -2.47. The van der Waals surface area contributed by atoms with E-state index in [9.17, 15) is 14.7 Å². The summed E-state index contributed by atoms with van der Waals surface area (Å²) in [5.74, 6) is 0.206. The molecule has 2 heterocycles. The van der Waals surface area contributed by atoms with E-state index in [4.69, 9.17) is 13.9 Å². The van der Waals surface area contributed by atoms with Gasteiger partial charge in [0.15, 0.2) is 16.9 Å². The number of carbonyl (C=O) groups is 1. The second kappa shape index (κ2) is 8.31. The third-order valence-corrected chi connectivity index (χ3v) is 5.52. The van der Waals surface area contributed by atoms with Crippen LogP contribution in [0.25, 0.3) is 22.3 Å². The van der Waals surface area contributed by atoms with E-state index in [0.717, 1.165) is 13.1 Å². The van der Waals surface area contributed by atoms with E-state index in [-0.39, 0.29) is 39.9 Å². The molecular formula is C23H24N2O6. The van der Waals surface area contributed by atoms with Crippen molar-refractivity contribution in [2.24, 2.45) is 0 Å². The second-order valence-corrected chi connectivity index (χ2v) is 7.49. The number of rotatable bonds is 4. The van der Waals surface area contributed by atoms with Crippen molar-refractivity contribution in [3.8, 4) is 28.6 Å². The summed E-state index contributed by atoms with van der Waals surface area (Å²) in [4.78, 5) is 29.7. The highest BCUT2D eigenvalue weighted by molar-refractivity contribution is 5.95. The van der Waals surface area contributed by atoms with Crippen molar-refractivity contribution in [1.29, 1.82) is 0 Å². The molecule has 1 aliphatic heterocycles. The summed E-state index contributed by atoms with van der Waals surface area (Å²) in [5, 5.41) is 10.5. The number of aromatic hydroxyl groups is 1. The molecule has 8 nitrogen and oxygen atoms in total. The minimum Gasteiger partial charge on any atom is -0.504 e. The van der Waals surface area contributed by atoms with Gasteiger partial charge in [-0.25, -0.2) is 0 Å². The van der Waals surface area contributed by atoms with Crippen LogP contribution in [0.15, 0.2) is 45.6 Å². The van der Waals surface area contributed by atoms with Gasteiger partial charge in [-0.1, -0.05) is 12.1 Å². The summed E-state index contributed by atoms with van der Waals surface area (Å²) < 4.78 is 16.3. The molecule has 1 aliphatic rings. The molecule has 1 aromatic heterocycles. The first kappa shape index (κ1) is 20.7. The standard InChI is InChI=1S/C23H24N2O6/c1-24-7-9-25(10-8-24)23(28)15-6-4-5-14(11-15)17-12-16(26)20-18(31-17)13-19(29-2)22(30-3)21(20)27/h4-6,11-13,27H,7-10H2,1-3H3. The van der Waals surface area contributed by atoms with Crippen molar-refractivity contribution in [3.05, 3.63) is 52.2 Å². The van der Waals surface area contributed by atoms with Crippen LogP contribution in [0.4, 0.5) is 0 Å². The summed E-state index contributed by atoms with van der Waals surface area (Å²) in [6, 6.07) is 9.79. The van der Waals surface area contributed by atoms with E-state index >= 15 is 0 Å². The van der Waals surface area contributed by atoms with E-state index in [1.807, 2.05) is 11.9 Å². The molecule has 0 atom stereocenters. The first-order chi connectivity index (χ1) is 14.9. The minimum absolute atomic E-state index is 0.00562. The molecule has 0 saturated carbocycles. The molecule has 0 radical (unpaired) electrons. The van der Waals surface area contributed by atoms with E-state index in [1.165, 1.54) is 26.4 Å². The Labute approximate surface area is 179 Å². The van der Waals surface area contributed by atoms with Gasteiger partial charge in [0.2, 0.25) is 5.75 Å². The van der Waals surface area contributed by atoms with Crippen LogP contribution in [0, 0.1) is 0 Å². The number of nitrogens with zero attached hydrogens (tertiary/aromatic N) is 2. The van der Waals surface area contributed by atoms with Crippen LogP contribution in [-0.2, 0) is 0 Å². The molecule has 3 aromatic rings. The predicted molar refractivity (Wildman–Crippen MR) is 116 cm³/mol.